The van der Waals surface area contributed by atoms with Crippen molar-refractivity contribution < 1.29 is 72.7 Å². The Bertz CT molecular complexity index is 374. The standard InChI is InChI=1S/2CHF3O3S.Pd/c2*2-1(3,4)8(5,6)7;/h2*(H,5,6,7);/q;;+2/p-2. The fraction of sp³-hybridized carbons (Fsp3) is 1.00. The minimum atomic E-state index is -6.09. The molecule has 0 aromatic rings. The summed E-state index contributed by atoms with van der Waals surface area (Å²) >= 11 is 0. The smallest absolute Gasteiger partial charge is 0.741 e. The summed E-state index contributed by atoms with van der Waals surface area (Å²) in [5.41, 5.74) is -11.3. The van der Waals surface area contributed by atoms with Crippen LogP contribution in [0.3, 0.4) is 0 Å². The normalized spacial score (nSPS) is 13.2. The van der Waals surface area contributed by atoms with E-state index in [1.165, 1.54) is 0 Å². The molecule has 0 unspecified atom stereocenters. The Morgan fingerprint density at radius 1 is 0.647 bits per heavy atom. The molecule has 0 rings (SSSR count). The van der Waals surface area contributed by atoms with Gasteiger partial charge in [-0.2, -0.15) is 26.3 Å². The third kappa shape index (κ3) is 9.74. The minimum absolute atomic E-state index is 0. The van der Waals surface area contributed by atoms with Crippen LogP contribution >= 0.6 is 0 Å². The number of rotatable bonds is 0. The van der Waals surface area contributed by atoms with Crippen molar-refractivity contribution in [3.8, 4) is 0 Å². The van der Waals surface area contributed by atoms with Gasteiger partial charge in [0.05, 0.1) is 0 Å². The van der Waals surface area contributed by atoms with Crippen molar-refractivity contribution in [2.24, 2.45) is 0 Å². The number of hydrogen-bond acceptors (Lipinski definition) is 6. The summed E-state index contributed by atoms with van der Waals surface area (Å²) in [5, 5.41) is 0. The summed E-state index contributed by atoms with van der Waals surface area (Å²) in [6, 6.07) is 0. The van der Waals surface area contributed by atoms with Crippen LogP contribution in [0.4, 0.5) is 26.3 Å². The van der Waals surface area contributed by atoms with Gasteiger partial charge in [0.15, 0.2) is 20.2 Å². The molecule has 0 aliphatic carbocycles. The molecule has 0 fully saturated rings. The molecule has 0 saturated heterocycles. The molecule has 0 heterocycles. The van der Waals surface area contributed by atoms with E-state index in [0.717, 1.165) is 0 Å². The first-order valence-electron chi connectivity index (χ1n) is 2.54. The Hall–Kier alpha value is 0.0623. The molecule has 17 heavy (non-hydrogen) atoms. The van der Waals surface area contributed by atoms with Crippen molar-refractivity contribution in [1.29, 1.82) is 0 Å². The molecule has 0 radical (unpaired) electrons. The van der Waals surface area contributed by atoms with Gasteiger partial charge in [-0.05, 0) is 0 Å². The van der Waals surface area contributed by atoms with Gasteiger partial charge >= 0.3 is 31.4 Å². The zero-order valence-electron chi connectivity index (χ0n) is 6.85. The van der Waals surface area contributed by atoms with Crippen molar-refractivity contribution in [2.75, 3.05) is 0 Å². The monoisotopic (exact) mass is 404 g/mol. The number of hydrogen-bond donors (Lipinski definition) is 0. The first-order valence-corrected chi connectivity index (χ1v) is 5.36. The van der Waals surface area contributed by atoms with Crippen LogP contribution in [0.15, 0.2) is 0 Å². The van der Waals surface area contributed by atoms with Gasteiger partial charge in [-0.15, -0.1) is 0 Å². The second kappa shape index (κ2) is 6.29. The van der Waals surface area contributed by atoms with E-state index >= 15 is 0 Å². The van der Waals surface area contributed by atoms with Gasteiger partial charge in [0, 0.05) is 0 Å². The molecule has 6 nitrogen and oxygen atoms in total. The van der Waals surface area contributed by atoms with Crippen LogP contribution in [0.25, 0.3) is 0 Å². The zero-order valence-corrected chi connectivity index (χ0v) is 10.0. The van der Waals surface area contributed by atoms with Gasteiger partial charge in [0.1, 0.15) is 0 Å². The van der Waals surface area contributed by atoms with Gasteiger partial charge < -0.3 is 9.11 Å². The predicted octanol–water partition coefficient (Wildman–Crippen LogP) is 0.100. The molecular weight excluding hydrogens is 405 g/mol. The van der Waals surface area contributed by atoms with Crippen LogP contribution in [0.1, 0.15) is 0 Å². The topological polar surface area (TPSA) is 114 Å². The van der Waals surface area contributed by atoms with Crippen molar-refractivity contribution in [3.63, 3.8) is 0 Å². The molecule has 108 valence electrons. The second-order valence-corrected chi connectivity index (χ2v) is 4.54. The molecule has 0 atom stereocenters. The first-order chi connectivity index (χ1) is 6.50. The molecule has 0 aliphatic heterocycles. The Morgan fingerprint density at radius 3 is 0.706 bits per heavy atom. The van der Waals surface area contributed by atoms with E-state index in [9.17, 15) is 26.3 Å². The maximum absolute atomic E-state index is 10.7. The van der Waals surface area contributed by atoms with Gasteiger partial charge in [0.2, 0.25) is 0 Å². The Labute approximate surface area is 104 Å². The van der Waals surface area contributed by atoms with Crippen LogP contribution < -0.4 is 0 Å². The average Bonchev–Trinajstić information content (AvgIpc) is 1.77. The third-order valence-electron chi connectivity index (χ3n) is 0.567. The number of halogens is 6. The molecule has 0 bridgehead atoms. The van der Waals surface area contributed by atoms with Crippen molar-refractivity contribution >= 4 is 20.2 Å². The van der Waals surface area contributed by atoms with E-state index in [1.807, 2.05) is 0 Å². The van der Waals surface area contributed by atoms with E-state index in [1.54, 1.807) is 0 Å². The van der Waals surface area contributed by atoms with E-state index in [4.69, 9.17) is 25.9 Å². The fourth-order valence-corrected chi connectivity index (χ4v) is 0. The number of alkyl halides is 6. The molecule has 0 N–H and O–H groups in total. The summed E-state index contributed by atoms with van der Waals surface area (Å²) in [6.07, 6.45) is 0. The van der Waals surface area contributed by atoms with Gasteiger partial charge in [-0.25, -0.2) is 16.8 Å². The predicted molar refractivity (Wildman–Crippen MR) is 31.5 cm³/mol. The van der Waals surface area contributed by atoms with Crippen LogP contribution in [-0.2, 0) is 40.7 Å². The molecule has 0 aromatic heterocycles. The summed E-state index contributed by atoms with van der Waals surface area (Å²) in [7, 11) is -12.2. The Balaban J connectivity index is -0.000000218. The SMILES string of the molecule is O=S(=O)([O-])C(F)(F)F.O=S(=O)([O-])C(F)(F)F.[Pd+2]. The largest absolute Gasteiger partial charge is 2.00 e. The summed E-state index contributed by atoms with van der Waals surface area (Å²) in [4.78, 5) is 0. The maximum Gasteiger partial charge on any atom is 2.00 e. The van der Waals surface area contributed by atoms with Crippen LogP contribution in [0.5, 0.6) is 0 Å². The van der Waals surface area contributed by atoms with Crippen LogP contribution in [-0.4, -0.2) is 37.0 Å². The minimum Gasteiger partial charge on any atom is -0.741 e. The molecule has 0 aromatic carbocycles. The van der Waals surface area contributed by atoms with E-state index in [2.05, 4.69) is 0 Å². The van der Waals surface area contributed by atoms with E-state index in [-0.39, 0.29) is 20.4 Å². The quantitative estimate of drug-likeness (QED) is 0.245. The van der Waals surface area contributed by atoms with Crippen LogP contribution in [0.2, 0.25) is 0 Å². The molecule has 0 amide bonds. The average molecular weight is 405 g/mol. The third-order valence-corrected chi connectivity index (χ3v) is 1.70. The van der Waals surface area contributed by atoms with E-state index in [0.29, 0.717) is 0 Å². The van der Waals surface area contributed by atoms with Crippen molar-refractivity contribution in [3.05, 3.63) is 0 Å². The molecule has 0 spiro atoms. The molecule has 0 aliphatic rings. The second-order valence-electron chi connectivity index (χ2n) is 1.80. The molecule has 15 heteroatoms. The summed E-state index contributed by atoms with van der Waals surface area (Å²) in [6.45, 7) is 0. The Kier molecular flexibility index (Phi) is 8.24. The van der Waals surface area contributed by atoms with Crippen molar-refractivity contribution in [2.45, 2.75) is 11.0 Å². The Morgan fingerprint density at radius 2 is 0.706 bits per heavy atom. The van der Waals surface area contributed by atoms with Gasteiger partial charge in [-0.3, -0.25) is 0 Å². The molecular formula is C2F6O6PdS2. The van der Waals surface area contributed by atoms with Crippen LogP contribution in [0, 0.1) is 0 Å². The van der Waals surface area contributed by atoms with Gasteiger partial charge in [0.25, 0.3) is 0 Å². The zero-order chi connectivity index (χ0) is 14.0. The fourth-order valence-electron chi connectivity index (χ4n) is 0. The first kappa shape index (κ1) is 22.3. The van der Waals surface area contributed by atoms with Crippen molar-refractivity contribution in [1.82, 2.24) is 0 Å². The van der Waals surface area contributed by atoms with E-state index < -0.39 is 31.3 Å². The molecule has 0 saturated carbocycles. The summed E-state index contributed by atoms with van der Waals surface area (Å²) in [5.74, 6) is 0. The maximum atomic E-state index is 10.7. The summed E-state index contributed by atoms with van der Waals surface area (Å²) < 4.78 is 118. The van der Waals surface area contributed by atoms with Gasteiger partial charge in [-0.1, -0.05) is 0 Å².